The van der Waals surface area contributed by atoms with Crippen molar-refractivity contribution in [3.63, 3.8) is 0 Å². The molecule has 0 amide bonds. The van der Waals surface area contributed by atoms with E-state index in [2.05, 4.69) is 61.4 Å². The van der Waals surface area contributed by atoms with Crippen LogP contribution in [0, 0.1) is 0 Å². The number of rotatable bonds is 18. The molecule has 0 aliphatic carbocycles. The lowest BCUT2D eigenvalue weighted by molar-refractivity contribution is 0.226. The van der Waals surface area contributed by atoms with Gasteiger partial charge >= 0.3 is 0 Å². The van der Waals surface area contributed by atoms with E-state index in [4.69, 9.17) is 29.9 Å². The second kappa shape index (κ2) is 19.8. The summed E-state index contributed by atoms with van der Waals surface area (Å²) in [5, 5.41) is 36.5. The Hall–Kier alpha value is -1.25. The molecular weight excluding hydrogens is 583 g/mol. The van der Waals surface area contributed by atoms with E-state index in [1.165, 1.54) is 0 Å². The highest BCUT2D eigenvalue weighted by atomic mass is 33.1. The van der Waals surface area contributed by atoms with Gasteiger partial charge in [-0.1, -0.05) is 21.6 Å². The molecule has 0 aliphatic heterocycles. The Balaban J connectivity index is 0.000000410. The van der Waals surface area contributed by atoms with E-state index in [-0.39, 0.29) is 31.2 Å². The number of unbranched alkanes of at least 4 members (excludes halogenated alkanes) is 1. The number of ether oxygens (including phenoxy) is 2. The van der Waals surface area contributed by atoms with Crippen LogP contribution in [0.4, 0.5) is 0 Å². The van der Waals surface area contributed by atoms with Gasteiger partial charge in [0.2, 0.25) is 0 Å². The van der Waals surface area contributed by atoms with Crippen molar-refractivity contribution in [2.24, 2.45) is 0 Å². The van der Waals surface area contributed by atoms with Crippen molar-refractivity contribution in [1.82, 2.24) is 14.9 Å². The molecule has 2 heterocycles. The summed E-state index contributed by atoms with van der Waals surface area (Å²) >= 11 is 4.49. The quantitative estimate of drug-likeness (QED) is 0.0907. The fourth-order valence-electron chi connectivity index (χ4n) is 3.90. The van der Waals surface area contributed by atoms with Gasteiger partial charge in [0, 0.05) is 46.8 Å². The van der Waals surface area contributed by atoms with Crippen molar-refractivity contribution in [2.45, 2.75) is 82.9 Å². The lowest BCUT2D eigenvalue weighted by Gasteiger charge is -2.25. The highest BCUT2D eigenvalue weighted by Gasteiger charge is 2.17. The van der Waals surface area contributed by atoms with Gasteiger partial charge in [0.1, 0.15) is 18.1 Å². The van der Waals surface area contributed by atoms with Gasteiger partial charge in [-0.3, -0.25) is 9.97 Å². The smallest absolute Gasteiger partial charge is 0.123 e. The Labute approximate surface area is 259 Å². The molecule has 2 rings (SSSR count). The third kappa shape index (κ3) is 17.5. The molecule has 0 aromatic carbocycles. The van der Waals surface area contributed by atoms with Gasteiger partial charge in [-0.2, -0.15) is 12.6 Å². The highest BCUT2D eigenvalue weighted by Crippen LogP contribution is 2.37. The zero-order valence-electron chi connectivity index (χ0n) is 25.3. The number of hydrogen-bond acceptors (Lipinski definition) is 12. The summed E-state index contributed by atoms with van der Waals surface area (Å²) in [7, 11) is 5.74. The Kier molecular flexibility index (Phi) is 18.3. The van der Waals surface area contributed by atoms with Gasteiger partial charge in [-0.25, -0.2) is 0 Å². The number of likely N-dealkylation sites (N-methyl/N-ethyl adjacent to an activating group) is 1. The highest BCUT2D eigenvalue weighted by molar-refractivity contribution is 8.76. The fourth-order valence-corrected chi connectivity index (χ4v) is 6.42. The maximum absolute atomic E-state index is 9.13. The fraction of sp³-hybridized carbons (Fsp3) is 0.655. The first-order valence-corrected chi connectivity index (χ1v) is 16.7. The van der Waals surface area contributed by atoms with E-state index in [1.807, 2.05) is 28.6 Å². The third-order valence-electron chi connectivity index (χ3n) is 5.61. The minimum absolute atomic E-state index is 0.0421. The first kappa shape index (κ1) is 37.8. The molecule has 2 aromatic rings. The van der Waals surface area contributed by atoms with Crippen molar-refractivity contribution in [1.29, 1.82) is 0 Å². The summed E-state index contributed by atoms with van der Waals surface area (Å²) < 4.78 is 11.6. The normalized spacial score (nSPS) is 11.8. The molecule has 0 atom stereocenters. The lowest BCUT2D eigenvalue weighted by Crippen LogP contribution is -2.34. The van der Waals surface area contributed by atoms with E-state index >= 15 is 0 Å². The number of nitrogens with zero attached hydrogens (tertiary/aromatic N) is 3. The van der Waals surface area contributed by atoms with E-state index in [9.17, 15) is 0 Å². The summed E-state index contributed by atoms with van der Waals surface area (Å²) in [6.07, 6.45) is 5.37. The molecular formula is C29H49N3O6S3. The predicted molar refractivity (Wildman–Crippen MR) is 173 cm³/mol. The van der Waals surface area contributed by atoms with Crippen molar-refractivity contribution < 1.29 is 29.9 Å². The minimum Gasteiger partial charge on any atom is -0.493 e. The molecule has 0 spiro atoms. The largest absolute Gasteiger partial charge is 0.493 e. The SMILES string of the molecule is CN(CCOc1cc(CO)nc(CO)c1)CC(C)(C)S.CSSC(C)(C)CCCCOc1cc(CO)nc(CO)c1. The molecule has 2 aromatic heterocycles. The maximum atomic E-state index is 9.13. The van der Waals surface area contributed by atoms with Gasteiger partial charge in [0.15, 0.2) is 0 Å². The topological polar surface area (TPSA) is 128 Å². The summed E-state index contributed by atoms with van der Waals surface area (Å²) in [6.45, 7) is 10.8. The average molecular weight is 632 g/mol. The van der Waals surface area contributed by atoms with E-state index < -0.39 is 0 Å². The zero-order chi connectivity index (χ0) is 30.9. The molecule has 41 heavy (non-hydrogen) atoms. The first-order chi connectivity index (χ1) is 19.3. The zero-order valence-corrected chi connectivity index (χ0v) is 27.8. The summed E-state index contributed by atoms with van der Waals surface area (Å²) in [5.41, 5.74) is 2.04. The Morgan fingerprint density at radius 1 is 0.780 bits per heavy atom. The second-order valence-electron chi connectivity index (χ2n) is 10.9. The number of aliphatic hydroxyl groups is 4. The van der Waals surface area contributed by atoms with Crippen LogP contribution in [0.2, 0.25) is 0 Å². The molecule has 0 saturated carbocycles. The van der Waals surface area contributed by atoms with E-state index in [0.29, 0.717) is 52.2 Å². The molecule has 0 aliphatic rings. The van der Waals surface area contributed by atoms with Crippen molar-refractivity contribution >= 4 is 34.2 Å². The molecule has 9 nitrogen and oxygen atoms in total. The van der Waals surface area contributed by atoms with Gasteiger partial charge in [0.25, 0.3) is 0 Å². The summed E-state index contributed by atoms with van der Waals surface area (Å²) in [4.78, 5) is 10.3. The maximum Gasteiger partial charge on any atom is 0.123 e. The number of aromatic nitrogens is 2. The number of thiol groups is 1. The molecule has 0 unspecified atom stereocenters. The van der Waals surface area contributed by atoms with Crippen LogP contribution in [0.1, 0.15) is 69.7 Å². The average Bonchev–Trinajstić information content (AvgIpc) is 2.91. The van der Waals surface area contributed by atoms with Crippen LogP contribution in [0.15, 0.2) is 24.3 Å². The standard InChI is InChI=1S/C15H25NO3S2.C14H24N2O3S/c1-15(2,21-20-3)6-4-5-7-19-14-8-12(10-17)16-13(9-14)11-18;1-14(2,20)10-16(3)4-5-19-13-6-11(8-17)15-12(7-13)9-18/h8-9,17-18H,4-7,10-11H2,1-3H3;6-7,17-18,20H,4-5,8-10H2,1-3H3. The Morgan fingerprint density at radius 3 is 1.61 bits per heavy atom. The number of hydrogen-bond donors (Lipinski definition) is 5. The molecule has 0 radical (unpaired) electrons. The molecule has 12 heteroatoms. The Bertz CT molecular complexity index is 964. The molecule has 0 saturated heterocycles. The van der Waals surface area contributed by atoms with E-state index in [0.717, 1.165) is 32.4 Å². The van der Waals surface area contributed by atoms with Crippen LogP contribution in [0.25, 0.3) is 0 Å². The van der Waals surface area contributed by atoms with Crippen LogP contribution in [0.3, 0.4) is 0 Å². The first-order valence-electron chi connectivity index (χ1n) is 13.7. The third-order valence-corrected chi connectivity index (χ3v) is 8.42. The molecule has 0 fully saturated rings. The Morgan fingerprint density at radius 2 is 1.22 bits per heavy atom. The van der Waals surface area contributed by atoms with Crippen LogP contribution in [-0.4, -0.2) is 84.4 Å². The predicted octanol–water partition coefficient (Wildman–Crippen LogP) is 4.49. The van der Waals surface area contributed by atoms with Crippen LogP contribution < -0.4 is 9.47 Å². The van der Waals surface area contributed by atoms with Gasteiger partial charge in [-0.15, -0.1) is 0 Å². The summed E-state index contributed by atoms with van der Waals surface area (Å²) in [5.74, 6) is 1.28. The minimum atomic E-state index is -0.169. The van der Waals surface area contributed by atoms with Gasteiger partial charge < -0.3 is 34.8 Å². The molecule has 234 valence electrons. The lowest BCUT2D eigenvalue weighted by atomic mass is 10.1. The second-order valence-corrected chi connectivity index (χ2v) is 15.2. The van der Waals surface area contributed by atoms with Crippen LogP contribution in [-0.2, 0) is 26.4 Å². The van der Waals surface area contributed by atoms with E-state index in [1.54, 1.807) is 24.3 Å². The van der Waals surface area contributed by atoms with Crippen LogP contribution >= 0.6 is 34.2 Å². The monoisotopic (exact) mass is 631 g/mol. The van der Waals surface area contributed by atoms with Crippen LogP contribution in [0.5, 0.6) is 11.5 Å². The number of aliphatic hydroxyl groups excluding tert-OH is 4. The van der Waals surface area contributed by atoms with Crippen molar-refractivity contribution in [2.75, 3.05) is 39.6 Å². The summed E-state index contributed by atoms with van der Waals surface area (Å²) in [6, 6.07) is 6.79. The van der Waals surface area contributed by atoms with Gasteiger partial charge in [0.05, 0.1) is 55.8 Å². The molecule has 0 bridgehead atoms. The van der Waals surface area contributed by atoms with Crippen molar-refractivity contribution in [3.05, 3.63) is 47.0 Å². The molecule has 4 N–H and O–H groups in total. The number of pyridine rings is 2. The van der Waals surface area contributed by atoms with Crippen molar-refractivity contribution in [3.8, 4) is 11.5 Å². The van der Waals surface area contributed by atoms with Gasteiger partial charge in [-0.05, 0) is 60.3 Å².